The predicted molar refractivity (Wildman–Crippen MR) is 104 cm³/mol. The van der Waals surface area contributed by atoms with E-state index in [2.05, 4.69) is 4.90 Å². The molecule has 1 aliphatic heterocycles. The van der Waals surface area contributed by atoms with Crippen molar-refractivity contribution in [2.45, 2.75) is 71.5 Å². The number of benzene rings is 1. The van der Waals surface area contributed by atoms with Crippen LogP contribution in [0.2, 0.25) is 0 Å². The maximum atomic E-state index is 12.1. The average Bonchev–Trinajstić information content (AvgIpc) is 2.85. The highest BCUT2D eigenvalue weighted by atomic mass is 16.8. The summed E-state index contributed by atoms with van der Waals surface area (Å²) in [7, 11) is 0. The Hall–Kier alpha value is -2.28. The fourth-order valence-electron chi connectivity index (χ4n) is 2.81. The molecule has 7 nitrogen and oxygen atoms in total. The van der Waals surface area contributed by atoms with Crippen molar-refractivity contribution in [3.8, 4) is 0 Å². The highest BCUT2D eigenvalue weighted by molar-refractivity contribution is 5.62. The van der Waals surface area contributed by atoms with Gasteiger partial charge in [0.05, 0.1) is 0 Å². The molecule has 1 heterocycles. The van der Waals surface area contributed by atoms with E-state index in [1.165, 1.54) is 0 Å². The first-order valence-corrected chi connectivity index (χ1v) is 9.47. The summed E-state index contributed by atoms with van der Waals surface area (Å²) in [6, 6.07) is 9.93. The molecular formula is C21H31NO6. The Morgan fingerprint density at radius 2 is 1.29 bits per heavy atom. The summed E-state index contributed by atoms with van der Waals surface area (Å²) in [5.41, 5.74) is -0.210. The number of nitrogens with zero attached hydrogens (tertiary/aromatic N) is 1. The van der Waals surface area contributed by atoms with Crippen LogP contribution in [0.15, 0.2) is 30.3 Å². The second-order valence-corrected chi connectivity index (χ2v) is 8.92. The molecule has 0 unspecified atom stereocenters. The fraction of sp³-hybridized carbons (Fsp3) is 0.619. The Morgan fingerprint density at radius 1 is 0.857 bits per heavy atom. The topological polar surface area (TPSA) is 74.3 Å². The minimum Gasteiger partial charge on any atom is -0.429 e. The normalized spacial score (nSPS) is 20.5. The monoisotopic (exact) mass is 393 g/mol. The van der Waals surface area contributed by atoms with E-state index < -0.39 is 35.7 Å². The van der Waals surface area contributed by atoms with E-state index in [-0.39, 0.29) is 0 Å². The van der Waals surface area contributed by atoms with Crippen LogP contribution < -0.4 is 0 Å². The molecule has 1 saturated heterocycles. The predicted octanol–water partition coefficient (Wildman–Crippen LogP) is 4.14. The zero-order chi connectivity index (χ0) is 20.9. The zero-order valence-corrected chi connectivity index (χ0v) is 17.6. The fourth-order valence-corrected chi connectivity index (χ4v) is 2.81. The first-order valence-electron chi connectivity index (χ1n) is 9.47. The first-order chi connectivity index (χ1) is 12.9. The van der Waals surface area contributed by atoms with Crippen molar-refractivity contribution in [3.05, 3.63) is 35.9 Å². The van der Waals surface area contributed by atoms with Gasteiger partial charge in [-0.3, -0.25) is 4.90 Å². The number of hydrogen-bond donors (Lipinski definition) is 0. The SMILES string of the molecule is CC(C)(C)OC(=O)O[C@H]1CN(Cc2ccccc2)C[C@@H]1OC(=O)OC(C)(C)C. The zero-order valence-electron chi connectivity index (χ0n) is 17.6. The lowest BCUT2D eigenvalue weighted by molar-refractivity contribution is -0.0698. The molecule has 0 amide bonds. The van der Waals surface area contributed by atoms with E-state index in [1.54, 1.807) is 41.5 Å². The summed E-state index contributed by atoms with van der Waals surface area (Å²) in [6.45, 7) is 12.1. The van der Waals surface area contributed by atoms with Gasteiger partial charge in [-0.1, -0.05) is 30.3 Å². The Balaban J connectivity index is 2.03. The molecule has 0 aliphatic carbocycles. The Bertz CT molecular complexity index is 624. The summed E-state index contributed by atoms with van der Waals surface area (Å²) in [5.74, 6) is 0. The third kappa shape index (κ3) is 7.76. The van der Waals surface area contributed by atoms with Crippen LogP contribution in [0.25, 0.3) is 0 Å². The molecule has 1 aromatic carbocycles. The van der Waals surface area contributed by atoms with Gasteiger partial charge in [-0.05, 0) is 47.1 Å². The summed E-state index contributed by atoms with van der Waals surface area (Å²) in [5, 5.41) is 0. The number of likely N-dealkylation sites (tertiary alicyclic amines) is 1. The van der Waals surface area contributed by atoms with Crippen molar-refractivity contribution >= 4 is 12.3 Å². The van der Waals surface area contributed by atoms with Crippen LogP contribution in [0, 0.1) is 0 Å². The number of hydrogen-bond acceptors (Lipinski definition) is 7. The lowest BCUT2D eigenvalue weighted by atomic mass is 10.2. The molecule has 0 spiro atoms. The molecule has 2 atom stereocenters. The minimum absolute atomic E-state index is 0.432. The van der Waals surface area contributed by atoms with E-state index >= 15 is 0 Å². The lowest BCUT2D eigenvalue weighted by Crippen LogP contribution is -2.37. The van der Waals surface area contributed by atoms with Crippen molar-refractivity contribution < 1.29 is 28.5 Å². The van der Waals surface area contributed by atoms with Crippen LogP contribution in [-0.2, 0) is 25.5 Å². The van der Waals surface area contributed by atoms with Crippen molar-refractivity contribution in [2.24, 2.45) is 0 Å². The Morgan fingerprint density at radius 3 is 1.68 bits per heavy atom. The molecule has 1 fully saturated rings. The van der Waals surface area contributed by atoms with Gasteiger partial charge in [0.15, 0.2) is 12.2 Å². The van der Waals surface area contributed by atoms with Gasteiger partial charge in [0.1, 0.15) is 11.2 Å². The van der Waals surface area contributed by atoms with Crippen molar-refractivity contribution in [1.82, 2.24) is 4.90 Å². The van der Waals surface area contributed by atoms with Crippen molar-refractivity contribution in [3.63, 3.8) is 0 Å². The molecular weight excluding hydrogens is 362 g/mol. The molecule has 2 rings (SSSR count). The standard InChI is InChI=1S/C21H31NO6/c1-20(2,3)27-18(23)25-16-13-22(12-15-10-8-7-9-11-15)14-17(16)26-19(24)28-21(4,5)6/h7-11,16-17H,12-14H2,1-6H3/t16-,17-/m0/s1. The summed E-state index contributed by atoms with van der Waals surface area (Å²) in [6.07, 6.45) is -2.83. The molecule has 0 saturated carbocycles. The average molecular weight is 393 g/mol. The largest absolute Gasteiger partial charge is 0.509 e. The minimum atomic E-state index is -0.781. The quantitative estimate of drug-likeness (QED) is 0.712. The second-order valence-electron chi connectivity index (χ2n) is 8.92. The van der Waals surface area contributed by atoms with Gasteiger partial charge in [0.25, 0.3) is 0 Å². The number of rotatable bonds is 4. The third-order valence-electron chi connectivity index (χ3n) is 3.81. The van der Waals surface area contributed by atoms with Crippen LogP contribution in [0.5, 0.6) is 0 Å². The Labute approximate surface area is 166 Å². The van der Waals surface area contributed by atoms with Crippen LogP contribution in [0.1, 0.15) is 47.1 Å². The maximum Gasteiger partial charge on any atom is 0.509 e. The van der Waals surface area contributed by atoms with Gasteiger partial charge in [-0.15, -0.1) is 0 Å². The summed E-state index contributed by atoms with van der Waals surface area (Å²) >= 11 is 0. The molecule has 156 valence electrons. The highest BCUT2D eigenvalue weighted by Gasteiger charge is 2.40. The molecule has 1 aromatic rings. The molecule has 1 aliphatic rings. The van der Waals surface area contributed by atoms with E-state index in [1.807, 2.05) is 30.3 Å². The molecule has 0 bridgehead atoms. The lowest BCUT2D eigenvalue weighted by Gasteiger charge is -2.24. The van der Waals surface area contributed by atoms with Gasteiger partial charge in [-0.25, -0.2) is 9.59 Å². The van der Waals surface area contributed by atoms with Crippen LogP contribution >= 0.6 is 0 Å². The van der Waals surface area contributed by atoms with E-state index in [0.29, 0.717) is 19.6 Å². The van der Waals surface area contributed by atoms with E-state index in [4.69, 9.17) is 18.9 Å². The number of carbonyl (C=O) groups is 2. The molecule has 28 heavy (non-hydrogen) atoms. The third-order valence-corrected chi connectivity index (χ3v) is 3.81. The van der Waals surface area contributed by atoms with Crippen molar-refractivity contribution in [1.29, 1.82) is 0 Å². The van der Waals surface area contributed by atoms with Gasteiger partial charge >= 0.3 is 12.3 Å². The van der Waals surface area contributed by atoms with Crippen LogP contribution in [0.3, 0.4) is 0 Å². The Kier molecular flexibility index (Phi) is 6.93. The van der Waals surface area contributed by atoms with E-state index in [9.17, 15) is 9.59 Å². The smallest absolute Gasteiger partial charge is 0.429 e. The van der Waals surface area contributed by atoms with Gasteiger partial charge < -0.3 is 18.9 Å². The molecule has 0 aromatic heterocycles. The highest BCUT2D eigenvalue weighted by Crippen LogP contribution is 2.22. The van der Waals surface area contributed by atoms with Crippen molar-refractivity contribution in [2.75, 3.05) is 13.1 Å². The molecule has 0 radical (unpaired) electrons. The van der Waals surface area contributed by atoms with Crippen LogP contribution in [-0.4, -0.2) is 53.7 Å². The molecule has 0 N–H and O–H groups in total. The van der Waals surface area contributed by atoms with E-state index in [0.717, 1.165) is 5.56 Å². The van der Waals surface area contributed by atoms with Gasteiger partial charge in [0, 0.05) is 19.6 Å². The molecule has 7 heteroatoms. The maximum absolute atomic E-state index is 12.1. The number of carbonyl (C=O) groups excluding carboxylic acids is 2. The van der Waals surface area contributed by atoms with Gasteiger partial charge in [-0.2, -0.15) is 0 Å². The number of ether oxygens (including phenoxy) is 4. The second kappa shape index (κ2) is 8.82. The van der Waals surface area contributed by atoms with Gasteiger partial charge in [0.2, 0.25) is 0 Å². The first kappa shape index (κ1) is 22.0. The summed E-state index contributed by atoms with van der Waals surface area (Å²) < 4.78 is 21.4. The van der Waals surface area contributed by atoms with Crippen LogP contribution in [0.4, 0.5) is 9.59 Å². The summed E-state index contributed by atoms with van der Waals surface area (Å²) in [4.78, 5) is 26.3.